The lowest BCUT2D eigenvalue weighted by atomic mass is 10.2. The van der Waals surface area contributed by atoms with Gasteiger partial charge in [0.25, 0.3) is 0 Å². The second-order valence-corrected chi connectivity index (χ2v) is 16.2. The zero-order valence-corrected chi connectivity index (χ0v) is 52.2. The van der Waals surface area contributed by atoms with Crippen molar-refractivity contribution in [1.29, 1.82) is 0 Å². The molecule has 0 N–H and O–H groups in total. The molecule has 4 rings (SSSR count). The number of halogens is 7. The van der Waals surface area contributed by atoms with Crippen molar-refractivity contribution in [3.05, 3.63) is 97.1 Å². The average molecular weight is 1630 g/mol. The van der Waals surface area contributed by atoms with Gasteiger partial charge in [0, 0.05) is 112 Å². The minimum atomic E-state index is -2.87. The van der Waals surface area contributed by atoms with Gasteiger partial charge in [-0.15, -0.1) is 0 Å². The van der Waals surface area contributed by atoms with Gasteiger partial charge in [-0.1, -0.05) is 53.4 Å². The lowest BCUT2D eigenvalue weighted by Gasteiger charge is -2.53. The molecule has 0 amide bonds. The Morgan fingerprint density at radius 2 is 0.517 bits per heavy atom. The largest absolute Gasteiger partial charge is 1.00 e. The van der Waals surface area contributed by atoms with Gasteiger partial charge < -0.3 is 42.9 Å². The molecular weight excluding hydrogens is 1570 g/mol. The van der Waals surface area contributed by atoms with E-state index >= 15 is 0 Å². The Hall–Kier alpha value is 0.820. The Morgan fingerprint density at radius 3 is 0.650 bits per heavy atom. The summed E-state index contributed by atoms with van der Waals surface area (Å²) in [5.74, 6) is 3.40. The van der Waals surface area contributed by atoms with E-state index in [1.165, 1.54) is 22.7 Å². The summed E-state index contributed by atoms with van der Waals surface area (Å²) in [5.41, 5.74) is 4.69. The van der Waals surface area contributed by atoms with E-state index in [0.29, 0.717) is 0 Å². The monoisotopic (exact) mass is 1630 g/mol. The Balaban J connectivity index is 0.00000475. The summed E-state index contributed by atoms with van der Waals surface area (Å²) in [6.07, 6.45) is 8.41. The van der Waals surface area contributed by atoms with Crippen molar-refractivity contribution in [2.45, 2.75) is 79.1 Å². The molecule has 0 aromatic heterocycles. The fourth-order valence-corrected chi connectivity index (χ4v) is 11.7. The molecule has 0 aliphatic rings. The third kappa shape index (κ3) is 17.9. The van der Waals surface area contributed by atoms with Gasteiger partial charge in [0.15, 0.2) is 0 Å². The van der Waals surface area contributed by atoms with Crippen molar-refractivity contribution < 1.29 is 42.9 Å². The quantitative estimate of drug-likeness (QED) is 0.0508. The normalized spacial score (nSPS) is 10.2. The van der Waals surface area contributed by atoms with Crippen LogP contribution >= 0.6 is 120 Å². The highest BCUT2D eigenvalue weighted by Gasteiger charge is 2.63. The summed E-state index contributed by atoms with van der Waals surface area (Å²) in [7, 11) is 4.09. The molecule has 0 atom stereocenters. The van der Waals surface area contributed by atoms with Crippen molar-refractivity contribution in [2.75, 3.05) is 73.3 Å². The molecule has 0 fully saturated rings. The summed E-state index contributed by atoms with van der Waals surface area (Å²) in [4.78, 5) is 0. The van der Waals surface area contributed by atoms with Gasteiger partial charge in [-0.05, 0) is 123 Å². The number of methoxy groups -OCH3 is 4. The average Bonchev–Trinajstić information content (AvgIpc) is 3.31. The first-order valence-electron chi connectivity index (χ1n) is 20.0. The Kier molecular flexibility index (Phi) is 37.5. The highest BCUT2D eigenvalue weighted by atomic mass is 128. The van der Waals surface area contributed by atoms with Crippen molar-refractivity contribution in [1.82, 2.24) is 0 Å². The van der Waals surface area contributed by atoms with Crippen molar-refractivity contribution in [3.8, 4) is 23.0 Å². The van der Waals surface area contributed by atoms with Gasteiger partial charge in [-0.2, -0.15) is 18.7 Å². The third-order valence-corrected chi connectivity index (χ3v) is 14.0. The first-order chi connectivity index (χ1) is 28.9. The van der Waals surface area contributed by atoms with E-state index < -0.39 is 7.87 Å². The highest BCUT2D eigenvalue weighted by Crippen LogP contribution is 2.74. The SMILES string of the molecule is CCCCN(c1ccc(OC)cc1)[P+](N(CCCC)c1ccc(OC)cc1)(N(CCCC)c1ccc(OC)cc1)N(CCCC)c1ccc(OC)cc1.II.II.II.[I-]. The molecule has 0 radical (unpaired) electrons. The molecule has 60 heavy (non-hydrogen) atoms. The van der Waals surface area contributed by atoms with Crippen LogP contribution in [0.4, 0.5) is 22.7 Å². The van der Waals surface area contributed by atoms with Gasteiger partial charge >= 0.3 is 7.87 Å². The predicted octanol–water partition coefficient (Wildman–Crippen LogP) is 14.2. The Bertz CT molecular complexity index is 1370. The number of anilines is 4. The van der Waals surface area contributed by atoms with Crippen molar-refractivity contribution in [2.24, 2.45) is 0 Å². The van der Waals surface area contributed by atoms with Crippen LogP contribution in [-0.4, -0.2) is 54.6 Å². The lowest BCUT2D eigenvalue weighted by Crippen LogP contribution is -3.00. The van der Waals surface area contributed by atoms with Crippen LogP contribution in [0.15, 0.2) is 97.1 Å². The second kappa shape index (κ2) is 37.0. The molecule has 4 aromatic carbocycles. The fourth-order valence-electron chi connectivity index (χ4n) is 6.70. The fraction of sp³-hybridized carbons (Fsp3) is 0.455. The first-order valence-corrected chi connectivity index (χ1v) is 40.4. The molecule has 0 aliphatic heterocycles. The molecule has 0 saturated carbocycles. The van der Waals surface area contributed by atoms with Crippen LogP contribution in [0.5, 0.6) is 23.0 Å². The van der Waals surface area contributed by atoms with E-state index in [1.807, 2.05) is 0 Å². The first kappa shape index (κ1) is 60.8. The Labute approximate surface area is 451 Å². The summed E-state index contributed by atoms with van der Waals surface area (Å²) in [6.45, 7) is 12.6. The number of hydrogen-bond donors (Lipinski definition) is 0. The van der Waals surface area contributed by atoms with E-state index in [2.05, 4.69) is 255 Å². The van der Waals surface area contributed by atoms with E-state index in [4.69, 9.17) is 18.9 Å². The van der Waals surface area contributed by atoms with Crippen LogP contribution in [0, 0.1) is 0 Å². The third-order valence-electron chi connectivity index (χ3n) is 9.67. The van der Waals surface area contributed by atoms with E-state index in [-0.39, 0.29) is 24.0 Å². The van der Waals surface area contributed by atoms with Gasteiger partial charge in [0.1, 0.15) is 23.0 Å². The van der Waals surface area contributed by atoms with Crippen LogP contribution in [0.1, 0.15) is 79.1 Å². The molecule has 0 heterocycles. The minimum absolute atomic E-state index is 0. The number of benzene rings is 4. The topological polar surface area (TPSA) is 49.9 Å². The molecule has 0 spiro atoms. The number of hydrogen-bond acceptors (Lipinski definition) is 8. The molecule has 0 bridgehead atoms. The van der Waals surface area contributed by atoms with Gasteiger partial charge in [0.2, 0.25) is 0 Å². The summed E-state index contributed by atoms with van der Waals surface area (Å²) >= 11 is 12.7. The standard InChI is InChI=1S/C44H64N4O4P.3I2.HI/c1-9-13-33-45(37-17-25-41(49-5)26-18-37)53(46(34-14-10-2)38-19-27-42(50-6)28-20-38,47(35-15-11-3)39-21-29-43(51-7)30-22-39)48(36-16-12-4)40-23-31-44(52-8)32-24-40;3*1-2;/h17-32H,9-16,33-36H2,1-8H3;;;;1H/q+1;;;;/p-1. The molecule has 0 aliphatic carbocycles. The summed E-state index contributed by atoms with van der Waals surface area (Å²) < 4.78 is 34.0. The molecular formula is C44H64I7N4O4P. The van der Waals surface area contributed by atoms with E-state index in [0.717, 1.165) is 101 Å². The maximum atomic E-state index is 5.71. The molecule has 338 valence electrons. The number of rotatable bonds is 24. The number of ether oxygens (including phenoxy) is 4. The number of nitrogens with zero attached hydrogens (tertiary/aromatic N) is 4. The van der Waals surface area contributed by atoms with Crippen LogP contribution in [0.3, 0.4) is 0 Å². The van der Waals surface area contributed by atoms with Crippen LogP contribution in [-0.2, 0) is 0 Å². The molecule has 16 heteroatoms. The maximum Gasteiger partial charge on any atom is 0.405 e. The highest BCUT2D eigenvalue weighted by molar-refractivity contribution is 15.0. The zero-order valence-electron chi connectivity index (χ0n) is 36.2. The lowest BCUT2D eigenvalue weighted by molar-refractivity contribution is -0.0000126. The zero-order chi connectivity index (χ0) is 44.1. The molecule has 0 saturated heterocycles. The molecule has 0 unspecified atom stereocenters. The predicted molar refractivity (Wildman–Crippen MR) is 312 cm³/mol. The van der Waals surface area contributed by atoms with E-state index in [9.17, 15) is 0 Å². The van der Waals surface area contributed by atoms with E-state index in [1.54, 1.807) is 28.4 Å². The minimum Gasteiger partial charge on any atom is -1.00 e. The Morgan fingerprint density at radius 1 is 0.350 bits per heavy atom. The second-order valence-electron chi connectivity index (χ2n) is 13.2. The molecule has 4 aromatic rings. The summed E-state index contributed by atoms with van der Waals surface area (Å²) in [6, 6.07) is 34.9. The van der Waals surface area contributed by atoms with Crippen LogP contribution < -0.4 is 61.6 Å². The van der Waals surface area contributed by atoms with Gasteiger partial charge in [-0.3, -0.25) is 0 Å². The van der Waals surface area contributed by atoms with Gasteiger partial charge in [0.05, 0.1) is 77.4 Å². The van der Waals surface area contributed by atoms with Crippen molar-refractivity contribution in [3.63, 3.8) is 0 Å². The summed E-state index contributed by atoms with van der Waals surface area (Å²) in [5, 5.41) is 0. The number of unbranched alkanes of at least 4 members (excludes halogenated alkanes) is 4. The van der Waals surface area contributed by atoms with Crippen LogP contribution in [0.2, 0.25) is 0 Å². The van der Waals surface area contributed by atoms with Gasteiger partial charge in [-0.25, -0.2) is 0 Å². The maximum absolute atomic E-state index is 5.71. The van der Waals surface area contributed by atoms with Crippen LogP contribution in [0.25, 0.3) is 0 Å². The molecule has 8 nitrogen and oxygen atoms in total. The van der Waals surface area contributed by atoms with Crippen molar-refractivity contribution >= 4 is 142 Å². The smallest absolute Gasteiger partial charge is 0.405 e.